The van der Waals surface area contributed by atoms with Gasteiger partial charge in [-0.05, 0) is 25.1 Å². The minimum atomic E-state index is 0.203. The first-order valence-corrected chi connectivity index (χ1v) is 6.75. The molecular weight excluding hydrogens is 307 g/mol. The van der Waals surface area contributed by atoms with E-state index in [0.717, 1.165) is 11.4 Å². The number of pyridine rings is 1. The van der Waals surface area contributed by atoms with Gasteiger partial charge in [0.05, 0.1) is 16.7 Å². The van der Waals surface area contributed by atoms with E-state index in [-0.39, 0.29) is 5.15 Å². The van der Waals surface area contributed by atoms with Crippen molar-refractivity contribution in [2.45, 2.75) is 6.92 Å². The first kappa shape index (κ1) is 14.3. The summed E-state index contributed by atoms with van der Waals surface area (Å²) < 4.78 is 5.42. The van der Waals surface area contributed by atoms with Crippen LogP contribution in [-0.2, 0) is 0 Å². The second-order valence-electron chi connectivity index (χ2n) is 3.68. The first-order chi connectivity index (χ1) is 9.10. The maximum absolute atomic E-state index is 6.05. The summed E-state index contributed by atoms with van der Waals surface area (Å²) in [4.78, 5) is 4.09. The average Bonchev–Trinajstić information content (AvgIpc) is 2.37. The lowest BCUT2D eigenvalue weighted by atomic mass is 10.3. The van der Waals surface area contributed by atoms with Gasteiger partial charge in [-0.3, -0.25) is 0 Å². The monoisotopic (exact) mass is 316 g/mol. The molecule has 0 spiro atoms. The maximum atomic E-state index is 6.05. The van der Waals surface area contributed by atoms with Crippen molar-refractivity contribution < 1.29 is 4.74 Å². The van der Waals surface area contributed by atoms with Gasteiger partial charge in [0.1, 0.15) is 10.9 Å². The van der Waals surface area contributed by atoms with Crippen molar-refractivity contribution in [1.82, 2.24) is 4.98 Å². The summed E-state index contributed by atoms with van der Waals surface area (Å²) in [7, 11) is 0. The fourth-order valence-corrected chi connectivity index (χ4v) is 2.04. The SMILES string of the molecule is CCOc1cccc(Nc2nc(Cl)c(Cl)cc2Cl)c1. The maximum Gasteiger partial charge on any atom is 0.151 e. The Balaban J connectivity index is 2.25. The van der Waals surface area contributed by atoms with E-state index in [2.05, 4.69) is 10.3 Å². The molecule has 100 valence electrons. The van der Waals surface area contributed by atoms with Gasteiger partial charge in [-0.1, -0.05) is 40.9 Å². The van der Waals surface area contributed by atoms with E-state index in [0.29, 0.717) is 22.5 Å². The summed E-state index contributed by atoms with van der Waals surface area (Å²) in [5, 5.41) is 4.00. The van der Waals surface area contributed by atoms with Crippen molar-refractivity contribution in [2.75, 3.05) is 11.9 Å². The number of nitrogens with zero attached hydrogens (tertiary/aromatic N) is 1. The van der Waals surface area contributed by atoms with E-state index in [1.807, 2.05) is 31.2 Å². The van der Waals surface area contributed by atoms with Crippen LogP contribution in [-0.4, -0.2) is 11.6 Å². The van der Waals surface area contributed by atoms with Gasteiger partial charge < -0.3 is 10.1 Å². The number of rotatable bonds is 4. The zero-order chi connectivity index (χ0) is 13.8. The minimum absolute atomic E-state index is 0.203. The highest BCUT2D eigenvalue weighted by Crippen LogP contribution is 2.31. The predicted molar refractivity (Wildman–Crippen MR) is 80.2 cm³/mol. The predicted octanol–water partition coefficient (Wildman–Crippen LogP) is 5.18. The molecule has 2 rings (SSSR count). The molecule has 0 fully saturated rings. The molecule has 0 aliphatic heterocycles. The molecule has 2 aromatic rings. The Bertz CT molecular complexity index is 590. The van der Waals surface area contributed by atoms with Crippen molar-refractivity contribution in [3.8, 4) is 5.75 Å². The summed E-state index contributed by atoms with van der Waals surface area (Å²) in [5.74, 6) is 1.22. The second-order valence-corrected chi connectivity index (χ2v) is 4.85. The topological polar surface area (TPSA) is 34.1 Å². The number of aromatic nitrogens is 1. The Hall–Kier alpha value is -1.16. The molecule has 0 amide bonds. The third-order valence-corrected chi connectivity index (χ3v) is 3.26. The van der Waals surface area contributed by atoms with Gasteiger partial charge in [0.2, 0.25) is 0 Å². The molecule has 0 bridgehead atoms. The average molecular weight is 318 g/mol. The normalized spacial score (nSPS) is 10.3. The van der Waals surface area contributed by atoms with Crippen molar-refractivity contribution >= 4 is 46.3 Å². The van der Waals surface area contributed by atoms with Crippen LogP contribution < -0.4 is 10.1 Å². The van der Waals surface area contributed by atoms with Crippen molar-refractivity contribution in [3.63, 3.8) is 0 Å². The molecule has 19 heavy (non-hydrogen) atoms. The fraction of sp³-hybridized carbons (Fsp3) is 0.154. The van der Waals surface area contributed by atoms with Crippen LogP contribution in [0.4, 0.5) is 11.5 Å². The van der Waals surface area contributed by atoms with Gasteiger partial charge in [0.25, 0.3) is 0 Å². The van der Waals surface area contributed by atoms with Gasteiger partial charge in [0, 0.05) is 11.8 Å². The minimum Gasteiger partial charge on any atom is -0.494 e. The molecule has 1 heterocycles. The smallest absolute Gasteiger partial charge is 0.151 e. The van der Waals surface area contributed by atoms with Crippen LogP contribution in [0, 0.1) is 0 Å². The van der Waals surface area contributed by atoms with Crippen LogP contribution in [0.15, 0.2) is 30.3 Å². The van der Waals surface area contributed by atoms with Crippen molar-refractivity contribution in [3.05, 3.63) is 45.5 Å². The second kappa shape index (κ2) is 6.33. The summed E-state index contributed by atoms with van der Waals surface area (Å²) in [6, 6.07) is 9.03. The largest absolute Gasteiger partial charge is 0.494 e. The number of ether oxygens (including phenoxy) is 1. The summed E-state index contributed by atoms with van der Waals surface area (Å²) in [6.45, 7) is 2.53. The molecule has 0 saturated carbocycles. The number of hydrogen-bond acceptors (Lipinski definition) is 3. The first-order valence-electron chi connectivity index (χ1n) is 5.61. The number of hydrogen-bond donors (Lipinski definition) is 1. The van der Waals surface area contributed by atoms with E-state index in [9.17, 15) is 0 Å². The Morgan fingerprint density at radius 3 is 2.68 bits per heavy atom. The molecular formula is C13H11Cl3N2O. The van der Waals surface area contributed by atoms with E-state index in [1.165, 1.54) is 0 Å². The molecule has 3 nitrogen and oxygen atoms in total. The lowest BCUT2D eigenvalue weighted by molar-refractivity contribution is 0.340. The lowest BCUT2D eigenvalue weighted by Crippen LogP contribution is -1.97. The summed E-state index contributed by atoms with van der Waals surface area (Å²) in [5.41, 5.74) is 0.804. The third-order valence-electron chi connectivity index (χ3n) is 2.29. The molecule has 0 unspecified atom stereocenters. The molecule has 1 aromatic carbocycles. The van der Waals surface area contributed by atoms with Crippen LogP contribution in [0.1, 0.15) is 6.92 Å². The fourth-order valence-electron chi connectivity index (χ4n) is 1.50. The van der Waals surface area contributed by atoms with E-state index >= 15 is 0 Å². The third kappa shape index (κ3) is 3.66. The zero-order valence-corrected chi connectivity index (χ0v) is 12.4. The Labute approximate surface area is 126 Å². The number of benzene rings is 1. The van der Waals surface area contributed by atoms with Gasteiger partial charge in [-0.2, -0.15) is 0 Å². The molecule has 0 saturated heterocycles. The van der Waals surface area contributed by atoms with Crippen LogP contribution in [0.25, 0.3) is 0 Å². The van der Waals surface area contributed by atoms with Crippen LogP contribution >= 0.6 is 34.8 Å². The molecule has 6 heteroatoms. The van der Waals surface area contributed by atoms with Crippen LogP contribution in [0.5, 0.6) is 5.75 Å². The number of anilines is 2. The van der Waals surface area contributed by atoms with Crippen molar-refractivity contribution in [2.24, 2.45) is 0 Å². The molecule has 1 N–H and O–H groups in total. The standard InChI is InChI=1S/C13H11Cl3N2O/c1-2-19-9-5-3-4-8(6-9)17-13-11(15)7-10(14)12(16)18-13/h3-7H,2H2,1H3,(H,17,18). The Morgan fingerprint density at radius 2 is 1.95 bits per heavy atom. The van der Waals surface area contributed by atoms with Gasteiger partial charge in [-0.25, -0.2) is 4.98 Å². The van der Waals surface area contributed by atoms with Gasteiger partial charge in [-0.15, -0.1) is 0 Å². The van der Waals surface area contributed by atoms with Crippen LogP contribution in [0.3, 0.4) is 0 Å². The Morgan fingerprint density at radius 1 is 1.16 bits per heavy atom. The lowest BCUT2D eigenvalue weighted by Gasteiger charge is -2.10. The summed E-state index contributed by atoms with van der Waals surface area (Å²) in [6.07, 6.45) is 0. The number of halogens is 3. The Kier molecular flexibility index (Phi) is 4.75. The van der Waals surface area contributed by atoms with Gasteiger partial charge >= 0.3 is 0 Å². The van der Waals surface area contributed by atoms with Gasteiger partial charge in [0.15, 0.2) is 5.82 Å². The molecule has 0 atom stereocenters. The quantitative estimate of drug-likeness (QED) is 0.788. The van der Waals surface area contributed by atoms with E-state index in [4.69, 9.17) is 39.5 Å². The number of nitrogens with one attached hydrogen (secondary N) is 1. The highest BCUT2D eigenvalue weighted by molar-refractivity contribution is 6.43. The van der Waals surface area contributed by atoms with E-state index < -0.39 is 0 Å². The highest BCUT2D eigenvalue weighted by atomic mass is 35.5. The van der Waals surface area contributed by atoms with E-state index in [1.54, 1.807) is 6.07 Å². The zero-order valence-electron chi connectivity index (χ0n) is 10.1. The van der Waals surface area contributed by atoms with Crippen LogP contribution in [0.2, 0.25) is 15.2 Å². The molecule has 0 aliphatic carbocycles. The molecule has 0 radical (unpaired) electrons. The van der Waals surface area contributed by atoms with Crippen molar-refractivity contribution in [1.29, 1.82) is 0 Å². The molecule has 1 aromatic heterocycles. The molecule has 0 aliphatic rings. The summed E-state index contributed by atoms with van der Waals surface area (Å²) >= 11 is 17.7. The highest BCUT2D eigenvalue weighted by Gasteiger charge is 2.08.